The van der Waals surface area contributed by atoms with Crippen molar-refractivity contribution in [2.24, 2.45) is 0 Å². The molecule has 0 fully saturated rings. The highest BCUT2D eigenvalue weighted by Crippen LogP contribution is 2.18. The van der Waals surface area contributed by atoms with E-state index in [1.165, 1.54) is 12.1 Å². The van der Waals surface area contributed by atoms with Crippen LogP contribution in [0.15, 0.2) is 18.2 Å². The topological polar surface area (TPSA) is 57.5 Å². The Morgan fingerprint density at radius 1 is 1.46 bits per heavy atom. The van der Waals surface area contributed by atoms with Gasteiger partial charge in [-0.1, -0.05) is 6.07 Å². The number of carboxylic acids is 1. The second-order valence-corrected chi connectivity index (χ2v) is 2.97. The van der Waals surface area contributed by atoms with Crippen molar-refractivity contribution in [3.05, 3.63) is 29.3 Å². The lowest BCUT2D eigenvalue weighted by Gasteiger charge is -2.02. The molecule has 0 unspecified atom stereocenters. The van der Waals surface area contributed by atoms with Gasteiger partial charge in [-0.25, -0.2) is 4.79 Å². The van der Waals surface area contributed by atoms with E-state index >= 15 is 0 Å². The Bertz CT molecular complexity index is 323. The Kier molecular flexibility index (Phi) is 3.14. The van der Waals surface area contributed by atoms with Crippen LogP contribution in [0.25, 0.3) is 0 Å². The largest absolute Gasteiger partial charge is 0.507 e. The Morgan fingerprint density at radius 2 is 2.15 bits per heavy atom. The number of carboxylic acid groups (broad SMARTS) is 1. The molecule has 0 amide bonds. The minimum absolute atomic E-state index is 0.0809. The smallest absolute Gasteiger partial charge is 0.339 e. The molecule has 70 valence electrons. The molecule has 0 aliphatic rings. The number of alkyl halides is 1. The molecule has 3 nitrogen and oxygen atoms in total. The third-order valence-electron chi connectivity index (χ3n) is 1.67. The first-order chi connectivity index (χ1) is 6.15. The first kappa shape index (κ1) is 9.86. The first-order valence-corrected chi connectivity index (χ1v) is 4.29. The summed E-state index contributed by atoms with van der Waals surface area (Å²) in [6.45, 7) is 0. The van der Waals surface area contributed by atoms with E-state index in [0.717, 1.165) is 5.56 Å². The number of hydrogen-bond donors (Lipinski definition) is 2. The van der Waals surface area contributed by atoms with Crippen LogP contribution < -0.4 is 0 Å². The molecule has 1 aromatic carbocycles. The van der Waals surface area contributed by atoms with Gasteiger partial charge in [-0.15, -0.1) is 11.6 Å². The fourth-order valence-corrected chi connectivity index (χ4v) is 1.24. The Balaban J connectivity index is 3.04. The monoisotopic (exact) mass is 200 g/mol. The number of aryl methyl sites for hydroxylation is 1. The minimum Gasteiger partial charge on any atom is -0.507 e. The number of carbonyl (C=O) groups is 1. The number of hydrogen-bond acceptors (Lipinski definition) is 2. The summed E-state index contributed by atoms with van der Waals surface area (Å²) in [5, 5.41) is 17.8. The Hall–Kier alpha value is -1.22. The highest BCUT2D eigenvalue weighted by atomic mass is 35.5. The average molecular weight is 201 g/mol. The van der Waals surface area contributed by atoms with Crippen LogP contribution in [0.1, 0.15) is 15.9 Å². The molecule has 0 atom stereocenters. The van der Waals surface area contributed by atoms with E-state index in [1.807, 2.05) is 0 Å². The molecule has 0 spiro atoms. The molecule has 0 bridgehead atoms. The summed E-state index contributed by atoms with van der Waals surface area (Å²) in [4.78, 5) is 10.6. The predicted molar refractivity (Wildman–Crippen MR) is 49.5 cm³/mol. The zero-order valence-electron chi connectivity index (χ0n) is 6.83. The first-order valence-electron chi connectivity index (χ1n) is 3.76. The fraction of sp³-hybridized carbons (Fsp3) is 0.222. The zero-order valence-corrected chi connectivity index (χ0v) is 7.58. The molecule has 0 aliphatic heterocycles. The second kappa shape index (κ2) is 4.14. The highest BCUT2D eigenvalue weighted by molar-refractivity contribution is 6.18. The number of halogens is 1. The molecular formula is C9H9ClO3. The predicted octanol–water partition coefficient (Wildman–Crippen LogP) is 1.87. The van der Waals surface area contributed by atoms with E-state index in [2.05, 4.69) is 0 Å². The summed E-state index contributed by atoms with van der Waals surface area (Å²) in [6.07, 6.45) is 0.599. The van der Waals surface area contributed by atoms with E-state index in [-0.39, 0.29) is 11.3 Å². The molecule has 13 heavy (non-hydrogen) atoms. The quantitative estimate of drug-likeness (QED) is 0.733. The third-order valence-corrected chi connectivity index (χ3v) is 1.86. The lowest BCUT2D eigenvalue weighted by atomic mass is 10.1. The maximum absolute atomic E-state index is 10.6. The summed E-state index contributed by atoms with van der Waals surface area (Å²) in [5.74, 6) is -0.913. The van der Waals surface area contributed by atoms with Crippen LogP contribution in [0.3, 0.4) is 0 Å². The molecule has 0 heterocycles. The summed E-state index contributed by atoms with van der Waals surface area (Å²) in [5.41, 5.74) is 0.729. The van der Waals surface area contributed by atoms with Crippen molar-refractivity contribution in [3.63, 3.8) is 0 Å². The minimum atomic E-state index is -1.13. The zero-order chi connectivity index (χ0) is 9.84. The van der Waals surface area contributed by atoms with Crippen LogP contribution in [-0.4, -0.2) is 22.1 Å². The van der Waals surface area contributed by atoms with Crippen molar-refractivity contribution in [1.82, 2.24) is 0 Å². The van der Waals surface area contributed by atoms with Crippen molar-refractivity contribution >= 4 is 17.6 Å². The summed E-state index contributed by atoms with van der Waals surface area (Å²) in [7, 11) is 0. The van der Waals surface area contributed by atoms with Crippen molar-refractivity contribution in [2.75, 3.05) is 5.88 Å². The third kappa shape index (κ3) is 2.36. The van der Waals surface area contributed by atoms with Crippen LogP contribution in [0.4, 0.5) is 0 Å². The summed E-state index contributed by atoms with van der Waals surface area (Å²) >= 11 is 5.50. The van der Waals surface area contributed by atoms with Gasteiger partial charge in [0.15, 0.2) is 0 Å². The van der Waals surface area contributed by atoms with Crippen molar-refractivity contribution < 1.29 is 15.0 Å². The van der Waals surface area contributed by atoms with Gasteiger partial charge in [-0.3, -0.25) is 0 Å². The Labute approximate surface area is 80.6 Å². The van der Waals surface area contributed by atoms with Crippen LogP contribution in [0.2, 0.25) is 0 Å². The number of phenols is 1. The molecule has 1 aromatic rings. The van der Waals surface area contributed by atoms with Crippen LogP contribution in [0.5, 0.6) is 5.75 Å². The van der Waals surface area contributed by atoms with E-state index in [9.17, 15) is 4.79 Å². The van der Waals surface area contributed by atoms with Gasteiger partial charge in [0.25, 0.3) is 0 Å². The maximum Gasteiger partial charge on any atom is 0.339 e. The molecule has 0 aromatic heterocycles. The summed E-state index contributed by atoms with van der Waals surface area (Å²) < 4.78 is 0. The van der Waals surface area contributed by atoms with Crippen molar-refractivity contribution in [3.8, 4) is 5.75 Å². The Morgan fingerprint density at radius 3 is 2.69 bits per heavy atom. The van der Waals surface area contributed by atoms with Gasteiger partial charge in [0.05, 0.1) is 0 Å². The van der Waals surface area contributed by atoms with Crippen LogP contribution in [-0.2, 0) is 6.42 Å². The van der Waals surface area contributed by atoms with Gasteiger partial charge in [0.1, 0.15) is 11.3 Å². The van der Waals surface area contributed by atoms with Gasteiger partial charge < -0.3 is 10.2 Å². The van der Waals surface area contributed by atoms with Crippen LogP contribution in [0, 0.1) is 0 Å². The molecular weight excluding hydrogens is 192 g/mol. The standard InChI is InChI=1S/C9H9ClO3/c10-4-3-6-1-2-8(11)7(5-6)9(12)13/h1-2,5,11H,3-4H2,(H,12,13). The lowest BCUT2D eigenvalue weighted by molar-refractivity contribution is 0.0693. The van der Waals surface area contributed by atoms with E-state index in [4.69, 9.17) is 21.8 Å². The van der Waals surface area contributed by atoms with Crippen molar-refractivity contribution in [2.45, 2.75) is 6.42 Å². The normalized spacial score (nSPS) is 9.92. The van der Waals surface area contributed by atoms with Crippen LogP contribution >= 0.6 is 11.6 Å². The molecule has 1 rings (SSSR count). The van der Waals surface area contributed by atoms with E-state index in [1.54, 1.807) is 6.07 Å². The van der Waals surface area contributed by atoms with Gasteiger partial charge in [0.2, 0.25) is 0 Å². The molecule has 2 N–H and O–H groups in total. The average Bonchev–Trinajstić information content (AvgIpc) is 2.08. The maximum atomic E-state index is 10.6. The van der Waals surface area contributed by atoms with Gasteiger partial charge in [-0.05, 0) is 24.1 Å². The van der Waals surface area contributed by atoms with Gasteiger partial charge in [-0.2, -0.15) is 0 Å². The number of rotatable bonds is 3. The molecule has 4 heteroatoms. The molecule has 0 radical (unpaired) electrons. The highest BCUT2D eigenvalue weighted by Gasteiger charge is 2.09. The van der Waals surface area contributed by atoms with E-state index in [0.29, 0.717) is 12.3 Å². The van der Waals surface area contributed by atoms with Gasteiger partial charge in [0, 0.05) is 5.88 Å². The van der Waals surface area contributed by atoms with Crippen molar-refractivity contribution in [1.29, 1.82) is 0 Å². The lowest BCUT2D eigenvalue weighted by Crippen LogP contribution is -1.98. The molecule has 0 saturated carbocycles. The van der Waals surface area contributed by atoms with E-state index < -0.39 is 5.97 Å². The fourth-order valence-electron chi connectivity index (χ4n) is 1.02. The SMILES string of the molecule is O=C(O)c1cc(CCCl)ccc1O. The molecule has 0 saturated heterocycles. The molecule has 0 aliphatic carbocycles. The van der Waals surface area contributed by atoms with Gasteiger partial charge >= 0.3 is 5.97 Å². The number of aromatic carboxylic acids is 1. The summed E-state index contributed by atoms with van der Waals surface area (Å²) in [6, 6.07) is 4.45. The second-order valence-electron chi connectivity index (χ2n) is 2.60. The number of benzene rings is 1. The number of aromatic hydroxyl groups is 1.